The summed E-state index contributed by atoms with van der Waals surface area (Å²) in [5.74, 6) is 0.0679. The normalized spacial score (nSPS) is 17.6. The summed E-state index contributed by atoms with van der Waals surface area (Å²) in [4.78, 5) is 16.6. The van der Waals surface area contributed by atoms with Crippen LogP contribution in [-0.4, -0.2) is 48.9 Å². The average Bonchev–Trinajstić information content (AvgIpc) is 2.52. The lowest BCUT2D eigenvalue weighted by Crippen LogP contribution is -2.34. The maximum atomic E-state index is 12.4. The van der Waals surface area contributed by atoms with E-state index in [-0.39, 0.29) is 5.91 Å². The minimum atomic E-state index is 0.0679. The Kier molecular flexibility index (Phi) is 4.24. The van der Waals surface area contributed by atoms with Gasteiger partial charge in [0.1, 0.15) is 0 Å². The first-order valence-electron chi connectivity index (χ1n) is 6.10. The molecule has 0 atom stereocenters. The van der Waals surface area contributed by atoms with E-state index in [9.17, 15) is 4.79 Å². The molecule has 1 aromatic carbocycles. The SMILES string of the molecule is CN1CCCN(C(=O)c2cc(N)cc(Br)c2)CC1. The van der Waals surface area contributed by atoms with E-state index < -0.39 is 0 Å². The van der Waals surface area contributed by atoms with Crippen LogP contribution in [0.3, 0.4) is 0 Å². The zero-order valence-electron chi connectivity index (χ0n) is 10.5. The van der Waals surface area contributed by atoms with Crippen LogP contribution in [0, 0.1) is 0 Å². The standard InChI is InChI=1S/C13H18BrN3O/c1-16-3-2-4-17(6-5-16)13(18)10-7-11(14)9-12(15)8-10/h7-9H,2-6,15H2,1H3. The van der Waals surface area contributed by atoms with Gasteiger partial charge in [0.25, 0.3) is 5.91 Å². The number of rotatable bonds is 1. The topological polar surface area (TPSA) is 49.6 Å². The zero-order valence-corrected chi connectivity index (χ0v) is 12.1. The van der Waals surface area contributed by atoms with Gasteiger partial charge in [-0.1, -0.05) is 15.9 Å². The number of hydrogen-bond donors (Lipinski definition) is 1. The molecule has 1 fully saturated rings. The van der Waals surface area contributed by atoms with Gasteiger partial charge in [-0.15, -0.1) is 0 Å². The molecular weight excluding hydrogens is 294 g/mol. The lowest BCUT2D eigenvalue weighted by atomic mass is 10.1. The van der Waals surface area contributed by atoms with Crippen LogP contribution in [0.5, 0.6) is 0 Å². The van der Waals surface area contributed by atoms with Gasteiger partial charge < -0.3 is 15.5 Å². The number of nitrogens with two attached hydrogens (primary N) is 1. The number of nitrogen functional groups attached to an aromatic ring is 1. The largest absolute Gasteiger partial charge is 0.399 e. The highest BCUT2D eigenvalue weighted by Gasteiger charge is 2.19. The highest BCUT2D eigenvalue weighted by molar-refractivity contribution is 9.10. The van der Waals surface area contributed by atoms with Crippen molar-refractivity contribution in [3.05, 3.63) is 28.2 Å². The monoisotopic (exact) mass is 311 g/mol. The predicted molar refractivity (Wildman–Crippen MR) is 76.6 cm³/mol. The minimum absolute atomic E-state index is 0.0679. The third-order valence-electron chi connectivity index (χ3n) is 3.17. The average molecular weight is 312 g/mol. The van der Waals surface area contributed by atoms with E-state index in [2.05, 4.69) is 27.9 Å². The Hall–Kier alpha value is -1.07. The molecule has 1 aromatic rings. The molecule has 98 valence electrons. The number of likely N-dealkylation sites (N-methyl/N-ethyl adjacent to an activating group) is 1. The van der Waals surface area contributed by atoms with Gasteiger partial charge in [-0.2, -0.15) is 0 Å². The molecule has 1 aliphatic heterocycles. The summed E-state index contributed by atoms with van der Waals surface area (Å²) >= 11 is 3.37. The van der Waals surface area contributed by atoms with E-state index in [1.54, 1.807) is 12.1 Å². The summed E-state index contributed by atoms with van der Waals surface area (Å²) in [6, 6.07) is 5.36. The molecule has 0 bridgehead atoms. The van der Waals surface area contributed by atoms with Crippen LogP contribution < -0.4 is 5.73 Å². The molecule has 2 N–H and O–H groups in total. The molecule has 1 amide bonds. The Morgan fingerprint density at radius 2 is 2.00 bits per heavy atom. The van der Waals surface area contributed by atoms with Crippen molar-refractivity contribution in [1.82, 2.24) is 9.80 Å². The number of amides is 1. The molecule has 1 heterocycles. The number of carbonyl (C=O) groups excluding carboxylic acids is 1. The molecule has 0 radical (unpaired) electrons. The molecule has 0 aliphatic carbocycles. The van der Waals surface area contributed by atoms with E-state index in [1.807, 2.05) is 11.0 Å². The van der Waals surface area contributed by atoms with Crippen molar-refractivity contribution in [2.24, 2.45) is 0 Å². The Labute approximate surface area is 116 Å². The molecule has 1 aliphatic rings. The number of nitrogens with zero attached hydrogens (tertiary/aromatic N) is 2. The van der Waals surface area contributed by atoms with Crippen molar-refractivity contribution in [3.63, 3.8) is 0 Å². The Morgan fingerprint density at radius 3 is 2.72 bits per heavy atom. The highest BCUT2D eigenvalue weighted by atomic mass is 79.9. The summed E-state index contributed by atoms with van der Waals surface area (Å²) in [5, 5.41) is 0. The molecule has 2 rings (SSSR count). The molecule has 0 aromatic heterocycles. The van der Waals surface area contributed by atoms with Crippen LogP contribution in [0.15, 0.2) is 22.7 Å². The number of carbonyl (C=O) groups is 1. The van der Waals surface area contributed by atoms with Crippen LogP contribution in [-0.2, 0) is 0 Å². The van der Waals surface area contributed by atoms with Crippen LogP contribution in [0.25, 0.3) is 0 Å². The number of hydrogen-bond acceptors (Lipinski definition) is 3. The minimum Gasteiger partial charge on any atom is -0.399 e. The van der Waals surface area contributed by atoms with Gasteiger partial charge in [-0.3, -0.25) is 4.79 Å². The maximum Gasteiger partial charge on any atom is 0.254 e. The summed E-state index contributed by atoms with van der Waals surface area (Å²) in [5.41, 5.74) is 7.04. The van der Waals surface area contributed by atoms with Crippen LogP contribution >= 0.6 is 15.9 Å². The molecule has 18 heavy (non-hydrogen) atoms. The van der Waals surface area contributed by atoms with Crippen molar-refractivity contribution < 1.29 is 4.79 Å². The van der Waals surface area contributed by atoms with E-state index in [0.717, 1.165) is 37.1 Å². The van der Waals surface area contributed by atoms with Gasteiger partial charge in [-0.05, 0) is 38.2 Å². The Balaban J connectivity index is 2.14. The summed E-state index contributed by atoms with van der Waals surface area (Å²) in [7, 11) is 2.09. The van der Waals surface area contributed by atoms with E-state index in [0.29, 0.717) is 11.3 Å². The summed E-state index contributed by atoms with van der Waals surface area (Å²) in [6.07, 6.45) is 1.02. The number of anilines is 1. The zero-order chi connectivity index (χ0) is 13.1. The fraction of sp³-hybridized carbons (Fsp3) is 0.462. The van der Waals surface area contributed by atoms with Crippen LogP contribution in [0.1, 0.15) is 16.8 Å². The van der Waals surface area contributed by atoms with Crippen molar-refractivity contribution in [2.45, 2.75) is 6.42 Å². The molecular formula is C13H18BrN3O. The second-order valence-corrected chi connectivity index (χ2v) is 5.64. The Morgan fingerprint density at radius 1 is 1.22 bits per heavy atom. The fourth-order valence-corrected chi connectivity index (χ4v) is 2.68. The summed E-state index contributed by atoms with van der Waals surface area (Å²) in [6.45, 7) is 3.57. The Bertz CT molecular complexity index is 430. The number of halogens is 1. The van der Waals surface area contributed by atoms with Gasteiger partial charge in [0.15, 0.2) is 0 Å². The van der Waals surface area contributed by atoms with E-state index in [4.69, 9.17) is 5.73 Å². The highest BCUT2D eigenvalue weighted by Crippen LogP contribution is 2.19. The van der Waals surface area contributed by atoms with Gasteiger partial charge in [0, 0.05) is 35.4 Å². The first-order valence-corrected chi connectivity index (χ1v) is 6.89. The molecule has 1 saturated heterocycles. The van der Waals surface area contributed by atoms with Crippen molar-refractivity contribution in [1.29, 1.82) is 0 Å². The maximum absolute atomic E-state index is 12.4. The van der Waals surface area contributed by atoms with Gasteiger partial charge in [0.2, 0.25) is 0 Å². The molecule has 0 unspecified atom stereocenters. The summed E-state index contributed by atoms with van der Waals surface area (Å²) < 4.78 is 0.845. The van der Waals surface area contributed by atoms with Crippen molar-refractivity contribution >= 4 is 27.5 Å². The quantitative estimate of drug-likeness (QED) is 0.805. The van der Waals surface area contributed by atoms with Gasteiger partial charge in [0.05, 0.1) is 0 Å². The molecule has 0 spiro atoms. The predicted octanol–water partition coefficient (Wildman–Crippen LogP) is 1.81. The lowest BCUT2D eigenvalue weighted by Gasteiger charge is -2.20. The van der Waals surface area contributed by atoms with Gasteiger partial charge >= 0.3 is 0 Å². The number of benzene rings is 1. The molecule has 0 saturated carbocycles. The molecule has 4 nitrogen and oxygen atoms in total. The van der Waals surface area contributed by atoms with Crippen molar-refractivity contribution in [3.8, 4) is 0 Å². The first-order chi connectivity index (χ1) is 8.56. The van der Waals surface area contributed by atoms with Gasteiger partial charge in [-0.25, -0.2) is 0 Å². The second-order valence-electron chi connectivity index (χ2n) is 4.72. The van der Waals surface area contributed by atoms with Crippen molar-refractivity contribution in [2.75, 3.05) is 39.0 Å². The van der Waals surface area contributed by atoms with Crippen LogP contribution in [0.4, 0.5) is 5.69 Å². The van der Waals surface area contributed by atoms with E-state index >= 15 is 0 Å². The fourth-order valence-electron chi connectivity index (χ4n) is 2.17. The lowest BCUT2D eigenvalue weighted by molar-refractivity contribution is 0.0763. The second kappa shape index (κ2) is 5.71. The van der Waals surface area contributed by atoms with Crippen LogP contribution in [0.2, 0.25) is 0 Å². The van der Waals surface area contributed by atoms with E-state index in [1.165, 1.54) is 0 Å². The smallest absolute Gasteiger partial charge is 0.254 e. The third-order valence-corrected chi connectivity index (χ3v) is 3.63. The molecule has 5 heteroatoms. The first kappa shape index (κ1) is 13.4. The third kappa shape index (κ3) is 3.23.